The van der Waals surface area contributed by atoms with Gasteiger partial charge in [-0.2, -0.15) is 0 Å². The third-order valence-electron chi connectivity index (χ3n) is 3.09. The highest BCUT2D eigenvalue weighted by molar-refractivity contribution is 5.85. The highest BCUT2D eigenvalue weighted by Crippen LogP contribution is 2.11. The van der Waals surface area contributed by atoms with Crippen molar-refractivity contribution >= 4 is 11.9 Å². The number of carbonyl (C=O) groups is 2. The van der Waals surface area contributed by atoms with Crippen LogP contribution in [0, 0.1) is 5.92 Å². The standard InChI is InChI=1S/C17H32O6/c1-6-8-10-21-16(18)14(20-5)15(23-12-13(3)4)17(19)22-11-9-7-2/h13-15H,6-12H2,1-5H3. The molecule has 0 N–H and O–H groups in total. The molecule has 0 rings (SSSR count). The van der Waals surface area contributed by atoms with Crippen molar-refractivity contribution in [1.29, 1.82) is 0 Å². The van der Waals surface area contributed by atoms with Crippen LogP contribution in [0.3, 0.4) is 0 Å². The lowest BCUT2D eigenvalue weighted by molar-refractivity contribution is -0.182. The summed E-state index contributed by atoms with van der Waals surface area (Å²) >= 11 is 0. The molecule has 0 aromatic heterocycles. The highest BCUT2D eigenvalue weighted by atomic mass is 16.6. The first-order chi connectivity index (χ1) is 11.0. The molecule has 0 aliphatic carbocycles. The topological polar surface area (TPSA) is 71.1 Å². The van der Waals surface area contributed by atoms with Crippen molar-refractivity contribution in [3.05, 3.63) is 0 Å². The number of carbonyl (C=O) groups excluding carboxylic acids is 2. The van der Waals surface area contributed by atoms with Gasteiger partial charge in [-0.25, -0.2) is 9.59 Å². The Kier molecular flexibility index (Phi) is 12.7. The molecule has 6 heteroatoms. The van der Waals surface area contributed by atoms with Gasteiger partial charge in [0.2, 0.25) is 0 Å². The highest BCUT2D eigenvalue weighted by Gasteiger charge is 2.37. The van der Waals surface area contributed by atoms with E-state index in [1.165, 1.54) is 7.11 Å². The van der Waals surface area contributed by atoms with Crippen molar-refractivity contribution in [1.82, 2.24) is 0 Å². The van der Waals surface area contributed by atoms with Crippen LogP contribution in [-0.4, -0.2) is 51.1 Å². The molecular formula is C17H32O6. The molecule has 0 saturated carbocycles. The zero-order valence-corrected chi connectivity index (χ0v) is 15.1. The maximum absolute atomic E-state index is 12.2. The fourth-order valence-electron chi connectivity index (χ4n) is 1.72. The van der Waals surface area contributed by atoms with Crippen LogP contribution in [0.25, 0.3) is 0 Å². The molecule has 2 unspecified atom stereocenters. The summed E-state index contributed by atoms with van der Waals surface area (Å²) in [6.07, 6.45) is 1.14. The second-order valence-corrected chi connectivity index (χ2v) is 5.85. The van der Waals surface area contributed by atoms with Crippen LogP contribution in [0.2, 0.25) is 0 Å². The van der Waals surface area contributed by atoms with E-state index in [1.54, 1.807) is 0 Å². The first kappa shape index (κ1) is 21.9. The predicted octanol–water partition coefficient (Wildman–Crippen LogP) is 2.73. The number of unbranched alkanes of at least 4 members (excludes halogenated alkanes) is 2. The molecule has 0 aliphatic rings. The number of hydrogen-bond donors (Lipinski definition) is 0. The first-order valence-electron chi connectivity index (χ1n) is 8.45. The number of hydrogen-bond acceptors (Lipinski definition) is 6. The van der Waals surface area contributed by atoms with Crippen molar-refractivity contribution < 1.29 is 28.5 Å². The van der Waals surface area contributed by atoms with E-state index in [-0.39, 0.29) is 5.92 Å². The van der Waals surface area contributed by atoms with Gasteiger partial charge in [-0.3, -0.25) is 0 Å². The van der Waals surface area contributed by atoms with Crippen molar-refractivity contribution in [2.45, 2.75) is 65.6 Å². The minimum absolute atomic E-state index is 0.217. The van der Waals surface area contributed by atoms with Crippen LogP contribution in [0.15, 0.2) is 0 Å². The number of rotatable bonds is 13. The fraction of sp³-hybridized carbons (Fsp3) is 0.882. The smallest absolute Gasteiger partial charge is 0.338 e. The molecule has 0 aromatic carbocycles. The molecule has 23 heavy (non-hydrogen) atoms. The van der Waals surface area contributed by atoms with E-state index in [9.17, 15) is 9.59 Å². The molecule has 136 valence electrons. The molecule has 2 atom stereocenters. The Balaban J connectivity index is 4.81. The van der Waals surface area contributed by atoms with Gasteiger partial charge in [0.1, 0.15) is 0 Å². The molecule has 0 heterocycles. The van der Waals surface area contributed by atoms with Crippen molar-refractivity contribution in [2.24, 2.45) is 5.92 Å². The molecule has 0 spiro atoms. The lowest BCUT2D eigenvalue weighted by atomic mass is 10.2. The SMILES string of the molecule is CCCCOC(=O)C(OC)C(OCC(C)C)C(=O)OCCCC. The van der Waals surface area contributed by atoms with Crippen LogP contribution in [0.4, 0.5) is 0 Å². The van der Waals surface area contributed by atoms with Crippen LogP contribution in [0.1, 0.15) is 53.4 Å². The minimum Gasteiger partial charge on any atom is -0.464 e. The predicted molar refractivity (Wildman–Crippen MR) is 87.1 cm³/mol. The molecule has 0 amide bonds. The lowest BCUT2D eigenvalue weighted by Gasteiger charge is -2.24. The summed E-state index contributed by atoms with van der Waals surface area (Å²) < 4.78 is 21.1. The average molecular weight is 332 g/mol. The van der Waals surface area contributed by atoms with Gasteiger partial charge in [0.15, 0.2) is 12.2 Å². The summed E-state index contributed by atoms with van der Waals surface area (Å²) in [5.74, 6) is -0.963. The molecule has 0 radical (unpaired) electrons. The van der Waals surface area contributed by atoms with Gasteiger partial charge in [0.25, 0.3) is 0 Å². The van der Waals surface area contributed by atoms with E-state index < -0.39 is 24.1 Å². The van der Waals surface area contributed by atoms with Gasteiger partial charge in [-0.15, -0.1) is 0 Å². The zero-order chi connectivity index (χ0) is 17.7. The molecule has 0 saturated heterocycles. The van der Waals surface area contributed by atoms with Gasteiger partial charge in [0.05, 0.1) is 19.8 Å². The summed E-state index contributed by atoms with van der Waals surface area (Å²) in [5.41, 5.74) is 0. The third-order valence-corrected chi connectivity index (χ3v) is 3.09. The summed E-state index contributed by atoms with van der Waals surface area (Å²) in [5, 5.41) is 0. The van der Waals surface area contributed by atoms with Crippen molar-refractivity contribution in [2.75, 3.05) is 26.9 Å². The Morgan fingerprint density at radius 1 is 0.870 bits per heavy atom. The average Bonchev–Trinajstić information content (AvgIpc) is 2.51. The normalized spacial score (nSPS) is 13.7. The fourth-order valence-corrected chi connectivity index (χ4v) is 1.72. The second kappa shape index (κ2) is 13.3. The van der Waals surface area contributed by atoms with Crippen LogP contribution in [0.5, 0.6) is 0 Å². The van der Waals surface area contributed by atoms with E-state index in [4.69, 9.17) is 18.9 Å². The van der Waals surface area contributed by atoms with Gasteiger partial charge >= 0.3 is 11.9 Å². The Hall–Kier alpha value is -1.14. The molecule has 6 nitrogen and oxygen atoms in total. The minimum atomic E-state index is -1.11. The van der Waals surface area contributed by atoms with Gasteiger partial charge < -0.3 is 18.9 Å². The lowest BCUT2D eigenvalue weighted by Crippen LogP contribution is -2.45. The Morgan fingerprint density at radius 2 is 1.35 bits per heavy atom. The Morgan fingerprint density at radius 3 is 1.74 bits per heavy atom. The van der Waals surface area contributed by atoms with E-state index in [0.717, 1.165) is 25.7 Å². The van der Waals surface area contributed by atoms with E-state index in [2.05, 4.69) is 0 Å². The molecule has 0 fully saturated rings. The molecule has 0 bridgehead atoms. The van der Waals surface area contributed by atoms with Gasteiger partial charge in [0, 0.05) is 7.11 Å². The van der Waals surface area contributed by atoms with Gasteiger partial charge in [-0.1, -0.05) is 40.5 Å². The van der Waals surface area contributed by atoms with Gasteiger partial charge in [-0.05, 0) is 18.8 Å². The monoisotopic (exact) mass is 332 g/mol. The quantitative estimate of drug-likeness (QED) is 0.381. The van der Waals surface area contributed by atoms with Crippen LogP contribution in [-0.2, 0) is 28.5 Å². The van der Waals surface area contributed by atoms with Crippen LogP contribution < -0.4 is 0 Å². The van der Waals surface area contributed by atoms with E-state index >= 15 is 0 Å². The number of esters is 2. The maximum atomic E-state index is 12.2. The Labute approximate surface area is 139 Å². The summed E-state index contributed by atoms with van der Waals surface area (Å²) in [6, 6.07) is 0. The third kappa shape index (κ3) is 9.56. The molecular weight excluding hydrogens is 300 g/mol. The zero-order valence-electron chi connectivity index (χ0n) is 15.1. The second-order valence-electron chi connectivity index (χ2n) is 5.85. The molecule has 0 aliphatic heterocycles. The number of methoxy groups -OCH3 is 1. The van der Waals surface area contributed by atoms with Crippen molar-refractivity contribution in [3.63, 3.8) is 0 Å². The van der Waals surface area contributed by atoms with E-state index in [1.807, 2.05) is 27.7 Å². The summed E-state index contributed by atoms with van der Waals surface area (Å²) in [6.45, 7) is 8.86. The van der Waals surface area contributed by atoms with Crippen molar-refractivity contribution in [3.8, 4) is 0 Å². The summed E-state index contributed by atoms with van der Waals surface area (Å²) in [4.78, 5) is 24.4. The Bertz CT molecular complexity index is 329. The van der Waals surface area contributed by atoms with Crippen LogP contribution >= 0.6 is 0 Å². The number of ether oxygens (including phenoxy) is 4. The first-order valence-corrected chi connectivity index (χ1v) is 8.45. The largest absolute Gasteiger partial charge is 0.464 e. The summed E-state index contributed by atoms with van der Waals surface area (Å²) in [7, 11) is 1.36. The molecule has 0 aromatic rings. The maximum Gasteiger partial charge on any atom is 0.338 e. The van der Waals surface area contributed by atoms with E-state index in [0.29, 0.717) is 19.8 Å².